The molecule has 0 aromatic heterocycles. The van der Waals surface area contributed by atoms with Crippen LogP contribution in [0.15, 0.2) is 59.5 Å². The van der Waals surface area contributed by atoms with Gasteiger partial charge >= 0.3 is 12.1 Å². The van der Waals surface area contributed by atoms with Gasteiger partial charge in [0.2, 0.25) is 10.0 Å². The van der Waals surface area contributed by atoms with Crippen LogP contribution in [0.25, 0.3) is 0 Å². The molecule has 11 heteroatoms. The van der Waals surface area contributed by atoms with E-state index in [0.29, 0.717) is 26.2 Å². The molecule has 10 nitrogen and oxygen atoms in total. The summed E-state index contributed by atoms with van der Waals surface area (Å²) < 4.78 is 37.8. The van der Waals surface area contributed by atoms with Gasteiger partial charge in [0.05, 0.1) is 17.1 Å². The zero-order valence-electron chi connectivity index (χ0n) is 18.8. The van der Waals surface area contributed by atoms with E-state index in [4.69, 9.17) is 9.47 Å². The van der Waals surface area contributed by atoms with E-state index in [0.717, 1.165) is 5.56 Å². The van der Waals surface area contributed by atoms with Crippen LogP contribution in [0.1, 0.15) is 22.8 Å². The number of hydrogen-bond acceptors (Lipinski definition) is 7. The normalized spacial score (nSPS) is 13.9. The first-order valence-electron chi connectivity index (χ1n) is 10.8. The van der Waals surface area contributed by atoms with E-state index in [1.165, 1.54) is 34.1 Å². The first-order chi connectivity index (χ1) is 16.3. The summed E-state index contributed by atoms with van der Waals surface area (Å²) in [6.45, 7) is 2.88. The fourth-order valence-electron chi connectivity index (χ4n) is 3.30. The van der Waals surface area contributed by atoms with Gasteiger partial charge in [-0.15, -0.1) is 0 Å². The maximum atomic E-state index is 12.6. The zero-order valence-corrected chi connectivity index (χ0v) is 19.6. The predicted octanol–water partition coefficient (Wildman–Crippen LogP) is 1.62. The smallest absolute Gasteiger partial charge is 0.409 e. The fraction of sp³-hybridized carbons (Fsp3) is 0.348. The average Bonchev–Trinajstić information content (AvgIpc) is 2.87. The number of nitrogens with one attached hydrogen (secondary N) is 1. The minimum Gasteiger partial charge on any atom is -0.452 e. The molecular formula is C23H27N3O7S. The van der Waals surface area contributed by atoms with Gasteiger partial charge in [0.25, 0.3) is 5.91 Å². The second-order valence-corrected chi connectivity index (χ2v) is 9.25. The molecular weight excluding hydrogens is 462 g/mol. The Morgan fingerprint density at radius 2 is 1.59 bits per heavy atom. The van der Waals surface area contributed by atoms with Crippen LogP contribution < -0.4 is 4.72 Å². The van der Waals surface area contributed by atoms with Crippen molar-refractivity contribution in [2.24, 2.45) is 0 Å². The Balaban J connectivity index is 1.52. The molecule has 0 atom stereocenters. The highest BCUT2D eigenvalue weighted by Gasteiger charge is 2.25. The standard InChI is InChI=1S/C23H27N3O7S/c1-2-32-23(29)26-13-11-25(12-14-26)21(27)17-33-22(28)19-9-6-10-20(15-19)34(30,31)24-16-18-7-4-3-5-8-18/h3-10,15,24H,2,11-14,16-17H2,1H3. The minimum atomic E-state index is -3.85. The number of rotatable bonds is 8. The van der Waals surface area contributed by atoms with Crippen LogP contribution in [0.2, 0.25) is 0 Å². The molecule has 182 valence electrons. The van der Waals surface area contributed by atoms with Gasteiger partial charge in [-0.2, -0.15) is 0 Å². The number of piperazine rings is 1. The molecule has 3 rings (SSSR count). The molecule has 1 heterocycles. The van der Waals surface area contributed by atoms with Crippen LogP contribution in [0.3, 0.4) is 0 Å². The average molecular weight is 490 g/mol. The molecule has 1 fully saturated rings. The highest BCUT2D eigenvalue weighted by molar-refractivity contribution is 7.89. The summed E-state index contributed by atoms with van der Waals surface area (Å²) in [5.74, 6) is -1.20. The quantitative estimate of drug-likeness (QED) is 0.559. The summed E-state index contributed by atoms with van der Waals surface area (Å²) in [4.78, 5) is 39.5. The number of carbonyl (C=O) groups excluding carboxylic acids is 3. The monoisotopic (exact) mass is 489 g/mol. The van der Waals surface area contributed by atoms with Crippen LogP contribution >= 0.6 is 0 Å². The number of sulfonamides is 1. The maximum absolute atomic E-state index is 12.6. The number of hydrogen-bond donors (Lipinski definition) is 1. The minimum absolute atomic E-state index is 0.0162. The van der Waals surface area contributed by atoms with E-state index >= 15 is 0 Å². The summed E-state index contributed by atoms with van der Waals surface area (Å²) in [5, 5.41) is 0. The van der Waals surface area contributed by atoms with E-state index in [2.05, 4.69) is 4.72 Å². The molecule has 1 aliphatic heterocycles. The molecule has 0 saturated carbocycles. The second-order valence-electron chi connectivity index (χ2n) is 7.48. The molecule has 34 heavy (non-hydrogen) atoms. The lowest BCUT2D eigenvalue weighted by atomic mass is 10.2. The molecule has 0 spiro atoms. The SMILES string of the molecule is CCOC(=O)N1CCN(C(=O)COC(=O)c2cccc(S(=O)(=O)NCc3ccccc3)c2)CC1. The second kappa shape index (κ2) is 11.6. The summed E-state index contributed by atoms with van der Waals surface area (Å²) in [7, 11) is -3.85. The van der Waals surface area contributed by atoms with Crippen molar-refractivity contribution in [3.05, 3.63) is 65.7 Å². The number of ether oxygens (including phenoxy) is 2. The van der Waals surface area contributed by atoms with Crippen molar-refractivity contribution in [2.45, 2.75) is 18.4 Å². The summed E-state index contributed by atoms with van der Waals surface area (Å²) in [6.07, 6.45) is -0.422. The predicted molar refractivity (Wildman–Crippen MR) is 122 cm³/mol. The van der Waals surface area contributed by atoms with Gasteiger partial charge < -0.3 is 19.3 Å². The van der Waals surface area contributed by atoms with Crippen LogP contribution in [-0.2, 0) is 30.8 Å². The van der Waals surface area contributed by atoms with Crippen molar-refractivity contribution in [1.82, 2.24) is 14.5 Å². The number of esters is 1. The van der Waals surface area contributed by atoms with Gasteiger partial charge in [0.15, 0.2) is 6.61 Å². The molecule has 1 N–H and O–H groups in total. The third-order valence-electron chi connectivity index (χ3n) is 5.17. The number of carbonyl (C=O) groups is 3. The number of nitrogens with zero attached hydrogens (tertiary/aromatic N) is 2. The lowest BCUT2D eigenvalue weighted by Gasteiger charge is -2.33. The van der Waals surface area contributed by atoms with Crippen LogP contribution in [0.5, 0.6) is 0 Å². The highest BCUT2D eigenvalue weighted by atomic mass is 32.2. The van der Waals surface area contributed by atoms with Crippen LogP contribution in [0, 0.1) is 0 Å². The van der Waals surface area contributed by atoms with Crippen LogP contribution in [0.4, 0.5) is 4.79 Å². The number of amides is 2. The van der Waals surface area contributed by atoms with Crippen molar-refractivity contribution in [3.63, 3.8) is 0 Å². The first-order valence-corrected chi connectivity index (χ1v) is 12.3. The molecule has 2 amide bonds. The van der Waals surface area contributed by atoms with Crippen molar-refractivity contribution >= 4 is 28.0 Å². The summed E-state index contributed by atoms with van der Waals surface area (Å²) in [5.41, 5.74) is 0.811. The van der Waals surface area contributed by atoms with E-state index in [1.807, 2.05) is 18.2 Å². The van der Waals surface area contributed by atoms with E-state index in [1.54, 1.807) is 19.1 Å². The molecule has 1 saturated heterocycles. The molecule has 2 aromatic carbocycles. The molecule has 1 aliphatic rings. The van der Waals surface area contributed by atoms with Crippen molar-refractivity contribution in [1.29, 1.82) is 0 Å². The molecule has 0 bridgehead atoms. The van der Waals surface area contributed by atoms with Gasteiger partial charge in [-0.1, -0.05) is 36.4 Å². The Labute approximate surface area is 198 Å². The molecule has 0 radical (unpaired) electrons. The van der Waals surface area contributed by atoms with Crippen molar-refractivity contribution in [2.75, 3.05) is 39.4 Å². The Kier molecular flexibility index (Phi) is 8.61. The highest BCUT2D eigenvalue weighted by Crippen LogP contribution is 2.14. The molecule has 0 unspecified atom stereocenters. The van der Waals surface area contributed by atoms with Gasteiger partial charge in [-0.25, -0.2) is 22.7 Å². The van der Waals surface area contributed by atoms with Gasteiger partial charge in [-0.05, 0) is 30.7 Å². The van der Waals surface area contributed by atoms with Gasteiger partial charge in [0.1, 0.15) is 0 Å². The van der Waals surface area contributed by atoms with E-state index in [-0.39, 0.29) is 23.6 Å². The van der Waals surface area contributed by atoms with Crippen LogP contribution in [-0.4, -0.2) is 75.6 Å². The third-order valence-corrected chi connectivity index (χ3v) is 6.57. The molecule has 2 aromatic rings. The topological polar surface area (TPSA) is 122 Å². The van der Waals surface area contributed by atoms with E-state index in [9.17, 15) is 22.8 Å². The summed E-state index contributed by atoms with van der Waals surface area (Å²) >= 11 is 0. The lowest BCUT2D eigenvalue weighted by molar-refractivity contribution is -0.136. The first kappa shape index (κ1) is 25.2. The zero-order chi connectivity index (χ0) is 24.6. The Bertz CT molecular complexity index is 1110. The van der Waals surface area contributed by atoms with Gasteiger partial charge in [0, 0.05) is 32.7 Å². The summed E-state index contributed by atoms with van der Waals surface area (Å²) in [6, 6.07) is 14.5. The maximum Gasteiger partial charge on any atom is 0.409 e. The Hall–Kier alpha value is -3.44. The fourth-order valence-corrected chi connectivity index (χ4v) is 4.37. The number of benzene rings is 2. The van der Waals surface area contributed by atoms with E-state index < -0.39 is 34.6 Å². The van der Waals surface area contributed by atoms with Crippen molar-refractivity contribution in [3.8, 4) is 0 Å². The van der Waals surface area contributed by atoms with Gasteiger partial charge in [-0.3, -0.25) is 4.79 Å². The molecule has 0 aliphatic carbocycles. The Morgan fingerprint density at radius 3 is 2.26 bits per heavy atom. The largest absolute Gasteiger partial charge is 0.452 e. The Morgan fingerprint density at radius 1 is 0.912 bits per heavy atom. The lowest BCUT2D eigenvalue weighted by Crippen LogP contribution is -2.51. The van der Waals surface area contributed by atoms with Crippen molar-refractivity contribution < 1.29 is 32.3 Å². The third kappa shape index (κ3) is 6.78.